The van der Waals surface area contributed by atoms with Gasteiger partial charge in [0.2, 0.25) is 0 Å². The van der Waals surface area contributed by atoms with Gasteiger partial charge in [-0.2, -0.15) is 0 Å². The van der Waals surface area contributed by atoms with Gasteiger partial charge in [0.25, 0.3) is 5.91 Å². The summed E-state index contributed by atoms with van der Waals surface area (Å²) in [6.07, 6.45) is 3.52. The number of para-hydroxylation sites is 1. The fraction of sp³-hybridized carbons (Fsp3) is 0.304. The molecule has 0 spiro atoms. The van der Waals surface area contributed by atoms with Crippen LogP contribution in [-0.2, 0) is 6.61 Å². The third kappa shape index (κ3) is 3.89. The molecule has 1 N–H and O–H groups in total. The highest BCUT2D eigenvalue weighted by Crippen LogP contribution is 2.32. The van der Waals surface area contributed by atoms with Gasteiger partial charge in [0.05, 0.1) is 16.9 Å². The van der Waals surface area contributed by atoms with Crippen molar-refractivity contribution < 1.29 is 18.7 Å². The molecule has 32 heavy (non-hydrogen) atoms. The molecule has 1 aliphatic heterocycles. The Balaban J connectivity index is 1.37. The third-order valence-electron chi connectivity index (χ3n) is 5.67. The second kappa shape index (κ2) is 8.70. The van der Waals surface area contributed by atoms with Gasteiger partial charge < -0.3 is 19.5 Å². The molecule has 4 aromatic rings. The summed E-state index contributed by atoms with van der Waals surface area (Å²) >= 11 is 0. The summed E-state index contributed by atoms with van der Waals surface area (Å²) in [6, 6.07) is 13.1. The van der Waals surface area contributed by atoms with Crippen LogP contribution in [0.1, 0.15) is 41.1 Å². The molecule has 1 amide bonds. The lowest BCUT2D eigenvalue weighted by Crippen LogP contribution is -2.29. The Morgan fingerprint density at radius 1 is 1.03 bits per heavy atom. The van der Waals surface area contributed by atoms with Gasteiger partial charge in [-0.05, 0) is 60.8 Å². The molecule has 2 aromatic heterocycles. The lowest BCUT2D eigenvalue weighted by Gasteiger charge is -2.28. The van der Waals surface area contributed by atoms with Gasteiger partial charge >= 0.3 is 0 Å². The van der Waals surface area contributed by atoms with Crippen LogP contribution < -0.4 is 15.0 Å². The van der Waals surface area contributed by atoms with E-state index < -0.39 is 5.91 Å². The van der Waals surface area contributed by atoms with Crippen LogP contribution in [0, 0.1) is 6.92 Å². The van der Waals surface area contributed by atoms with E-state index in [1.54, 1.807) is 6.92 Å². The number of rotatable bonds is 6. The van der Waals surface area contributed by atoms with E-state index in [0.29, 0.717) is 33.8 Å². The average Bonchev–Trinajstić information content (AvgIpc) is 3.46. The first-order chi connectivity index (χ1) is 15.7. The predicted molar refractivity (Wildman–Crippen MR) is 118 cm³/mol. The van der Waals surface area contributed by atoms with Crippen molar-refractivity contribution in [1.82, 2.24) is 15.5 Å². The molecule has 2 aromatic carbocycles. The standard InChI is InChI=1S/C23H23N5O4/c1-15-17(14-30-16-8-4-2-5-9-16)20(25-31-15)23(29)24-18-10-11-19(22-21(18)26-32-27-22)28-12-6-3-7-13-28/h2,4-5,8-11H,3,6-7,12-14H2,1H3,(H,24,29). The molecule has 0 radical (unpaired) electrons. The topological polar surface area (TPSA) is 107 Å². The van der Waals surface area contributed by atoms with E-state index in [-0.39, 0.29) is 12.3 Å². The van der Waals surface area contributed by atoms with Gasteiger partial charge in [0, 0.05) is 13.1 Å². The van der Waals surface area contributed by atoms with Crippen LogP contribution in [0.4, 0.5) is 11.4 Å². The molecule has 5 rings (SSSR count). The molecule has 0 unspecified atom stereocenters. The molecule has 0 bridgehead atoms. The number of hydrogen-bond donors (Lipinski definition) is 1. The molecule has 3 heterocycles. The highest BCUT2D eigenvalue weighted by molar-refractivity contribution is 6.09. The molecule has 0 aliphatic carbocycles. The van der Waals surface area contributed by atoms with Crippen molar-refractivity contribution in [2.24, 2.45) is 0 Å². The lowest BCUT2D eigenvalue weighted by atomic mass is 10.1. The highest BCUT2D eigenvalue weighted by atomic mass is 16.6. The smallest absolute Gasteiger partial charge is 0.278 e. The monoisotopic (exact) mass is 433 g/mol. The van der Waals surface area contributed by atoms with Crippen LogP contribution in [0.25, 0.3) is 11.0 Å². The zero-order valence-electron chi connectivity index (χ0n) is 17.7. The number of carbonyl (C=O) groups is 1. The van der Waals surface area contributed by atoms with E-state index in [2.05, 4.69) is 25.7 Å². The molecule has 9 nitrogen and oxygen atoms in total. The van der Waals surface area contributed by atoms with Crippen molar-refractivity contribution >= 4 is 28.3 Å². The summed E-state index contributed by atoms with van der Waals surface area (Å²) in [7, 11) is 0. The van der Waals surface area contributed by atoms with Crippen molar-refractivity contribution in [3.05, 3.63) is 59.5 Å². The molecule has 1 saturated heterocycles. The van der Waals surface area contributed by atoms with Crippen LogP contribution in [-0.4, -0.2) is 34.5 Å². The predicted octanol–water partition coefficient (Wildman–Crippen LogP) is 4.34. The normalized spacial score (nSPS) is 14.0. The zero-order valence-corrected chi connectivity index (χ0v) is 17.7. The van der Waals surface area contributed by atoms with Gasteiger partial charge in [0.15, 0.2) is 16.7 Å². The fourth-order valence-electron chi connectivity index (χ4n) is 3.94. The summed E-state index contributed by atoms with van der Waals surface area (Å²) in [6.45, 7) is 3.85. The molecule has 0 saturated carbocycles. The van der Waals surface area contributed by atoms with Crippen molar-refractivity contribution in [1.29, 1.82) is 0 Å². The first-order valence-electron chi connectivity index (χ1n) is 10.7. The summed E-state index contributed by atoms with van der Waals surface area (Å²) in [4.78, 5) is 15.3. The number of anilines is 2. The maximum absolute atomic E-state index is 13.0. The summed E-state index contributed by atoms with van der Waals surface area (Å²) < 4.78 is 16.1. The van der Waals surface area contributed by atoms with E-state index in [4.69, 9.17) is 13.9 Å². The first-order valence-corrected chi connectivity index (χ1v) is 10.7. The minimum Gasteiger partial charge on any atom is -0.489 e. The van der Waals surface area contributed by atoms with Crippen LogP contribution in [0.15, 0.2) is 51.6 Å². The van der Waals surface area contributed by atoms with E-state index in [1.165, 1.54) is 6.42 Å². The second-order valence-corrected chi connectivity index (χ2v) is 7.76. The van der Waals surface area contributed by atoms with Crippen molar-refractivity contribution in [3.8, 4) is 5.75 Å². The van der Waals surface area contributed by atoms with Crippen molar-refractivity contribution in [2.45, 2.75) is 32.8 Å². The number of nitrogens with one attached hydrogen (secondary N) is 1. The molecular weight excluding hydrogens is 410 g/mol. The van der Waals surface area contributed by atoms with E-state index in [9.17, 15) is 4.79 Å². The maximum Gasteiger partial charge on any atom is 0.278 e. The number of ether oxygens (including phenoxy) is 1. The van der Waals surface area contributed by atoms with E-state index >= 15 is 0 Å². The summed E-state index contributed by atoms with van der Waals surface area (Å²) in [5, 5.41) is 14.9. The van der Waals surface area contributed by atoms with Crippen LogP contribution >= 0.6 is 0 Å². The van der Waals surface area contributed by atoms with Gasteiger partial charge in [-0.25, -0.2) is 4.63 Å². The Bertz CT molecular complexity index is 1230. The Kier molecular flexibility index (Phi) is 5.45. The number of aryl methyl sites for hydroxylation is 1. The SMILES string of the molecule is Cc1onc(C(=O)Nc2ccc(N3CCCCC3)c3nonc23)c1COc1ccccc1. The molecule has 9 heteroatoms. The fourth-order valence-corrected chi connectivity index (χ4v) is 3.94. The van der Waals surface area contributed by atoms with Crippen molar-refractivity contribution in [2.75, 3.05) is 23.3 Å². The average molecular weight is 433 g/mol. The number of nitrogens with zero attached hydrogens (tertiary/aromatic N) is 4. The summed E-state index contributed by atoms with van der Waals surface area (Å²) in [5.41, 5.74) is 3.36. The quantitative estimate of drug-likeness (QED) is 0.479. The number of carbonyl (C=O) groups excluding carboxylic acids is 1. The first kappa shape index (κ1) is 20.0. The second-order valence-electron chi connectivity index (χ2n) is 7.76. The Hall–Kier alpha value is -3.88. The van der Waals surface area contributed by atoms with Crippen LogP contribution in [0.5, 0.6) is 5.75 Å². The third-order valence-corrected chi connectivity index (χ3v) is 5.67. The van der Waals surface area contributed by atoms with Crippen LogP contribution in [0.2, 0.25) is 0 Å². The number of fused-ring (bicyclic) bond motifs is 1. The number of benzene rings is 2. The van der Waals surface area contributed by atoms with E-state index in [0.717, 1.165) is 31.6 Å². The molecular formula is C23H23N5O4. The number of aromatic nitrogens is 3. The summed E-state index contributed by atoms with van der Waals surface area (Å²) in [5.74, 6) is 0.812. The largest absolute Gasteiger partial charge is 0.489 e. The van der Waals surface area contributed by atoms with Gasteiger partial charge in [0.1, 0.15) is 18.1 Å². The van der Waals surface area contributed by atoms with Crippen molar-refractivity contribution in [3.63, 3.8) is 0 Å². The van der Waals surface area contributed by atoms with Gasteiger partial charge in [-0.3, -0.25) is 4.79 Å². The number of piperidine rings is 1. The maximum atomic E-state index is 13.0. The van der Waals surface area contributed by atoms with E-state index in [1.807, 2.05) is 42.5 Å². The lowest BCUT2D eigenvalue weighted by molar-refractivity contribution is 0.101. The number of hydrogen-bond acceptors (Lipinski definition) is 8. The van der Waals surface area contributed by atoms with Gasteiger partial charge in [-0.15, -0.1) is 0 Å². The number of amides is 1. The van der Waals surface area contributed by atoms with Crippen LogP contribution in [0.3, 0.4) is 0 Å². The molecule has 1 fully saturated rings. The minimum absolute atomic E-state index is 0.164. The van der Waals surface area contributed by atoms with Gasteiger partial charge in [-0.1, -0.05) is 23.4 Å². The Labute approximate surface area is 184 Å². The Morgan fingerprint density at radius 3 is 2.62 bits per heavy atom. The zero-order chi connectivity index (χ0) is 21.9. The Morgan fingerprint density at radius 2 is 1.81 bits per heavy atom. The molecule has 1 aliphatic rings. The highest BCUT2D eigenvalue weighted by Gasteiger charge is 2.23. The molecule has 0 atom stereocenters. The molecule has 164 valence electrons. The minimum atomic E-state index is -0.413.